The van der Waals surface area contributed by atoms with Crippen molar-refractivity contribution in [2.24, 2.45) is 0 Å². The zero-order chi connectivity index (χ0) is 8.49. The summed E-state index contributed by atoms with van der Waals surface area (Å²) in [4.78, 5) is 0. The predicted molar refractivity (Wildman–Crippen MR) is 55.0 cm³/mol. The van der Waals surface area contributed by atoms with Crippen molar-refractivity contribution in [1.82, 2.24) is 0 Å². The molecule has 0 aromatic carbocycles. The van der Waals surface area contributed by atoms with Gasteiger partial charge in [-0.15, -0.1) is 0 Å². The normalized spacial score (nSPS) is 25.3. The fourth-order valence-corrected chi connectivity index (χ4v) is 1.66. The largest absolute Gasteiger partial charge is 0.0885 e. The van der Waals surface area contributed by atoms with Gasteiger partial charge in [0, 0.05) is 0 Å². The Kier molecular flexibility index (Phi) is 6.05. The summed E-state index contributed by atoms with van der Waals surface area (Å²) in [6.07, 6.45) is 19.5. The van der Waals surface area contributed by atoms with E-state index in [0.717, 1.165) is 0 Å². The maximum Gasteiger partial charge on any atom is -0.0351 e. The van der Waals surface area contributed by atoms with Crippen molar-refractivity contribution in [2.45, 2.75) is 57.8 Å². The minimum atomic E-state index is 1.30. The minimum absolute atomic E-state index is 1.30. The van der Waals surface area contributed by atoms with Gasteiger partial charge >= 0.3 is 0 Å². The van der Waals surface area contributed by atoms with Gasteiger partial charge in [0.2, 0.25) is 0 Å². The van der Waals surface area contributed by atoms with Crippen LogP contribution in [0.5, 0.6) is 0 Å². The minimum Gasteiger partial charge on any atom is -0.0885 e. The molecule has 69 valence electrons. The van der Waals surface area contributed by atoms with E-state index in [2.05, 4.69) is 18.6 Å². The lowest BCUT2D eigenvalue weighted by Gasteiger charge is -2.02. The highest BCUT2D eigenvalue weighted by Crippen LogP contribution is 2.11. The van der Waals surface area contributed by atoms with Crippen LogP contribution in [0.2, 0.25) is 0 Å². The fraction of sp³-hybridized carbons (Fsp3) is 0.750. The zero-order valence-corrected chi connectivity index (χ0v) is 8.10. The Labute approximate surface area is 77.1 Å². The second-order valence-corrected chi connectivity index (χ2v) is 3.68. The van der Waals surface area contributed by atoms with E-state index in [4.69, 9.17) is 0 Å². The average Bonchev–Trinajstić information content (AvgIpc) is 2.05. The Morgan fingerprint density at radius 3 is 1.75 bits per heavy atom. The molecule has 12 heavy (non-hydrogen) atoms. The maximum absolute atomic E-state index is 2.48. The molecule has 1 radical (unpaired) electrons. The van der Waals surface area contributed by atoms with Crippen molar-refractivity contribution in [3.63, 3.8) is 0 Å². The van der Waals surface area contributed by atoms with Crippen molar-refractivity contribution in [2.75, 3.05) is 0 Å². The second-order valence-electron chi connectivity index (χ2n) is 3.68. The molecule has 0 aliphatic heterocycles. The summed E-state index contributed by atoms with van der Waals surface area (Å²) in [6, 6.07) is 0. The van der Waals surface area contributed by atoms with Gasteiger partial charge < -0.3 is 0 Å². The quantitative estimate of drug-likeness (QED) is 0.470. The predicted octanol–water partition coefficient (Wildman–Crippen LogP) is 4.27. The van der Waals surface area contributed by atoms with E-state index in [9.17, 15) is 0 Å². The molecule has 0 fully saturated rings. The first kappa shape index (κ1) is 9.83. The van der Waals surface area contributed by atoms with Crippen LogP contribution < -0.4 is 0 Å². The highest BCUT2D eigenvalue weighted by Gasteiger charge is 1.93. The molecular weight excluding hydrogens is 144 g/mol. The van der Waals surface area contributed by atoms with Crippen molar-refractivity contribution in [1.29, 1.82) is 0 Å². The highest BCUT2D eigenvalue weighted by molar-refractivity contribution is 4.82. The third kappa shape index (κ3) is 5.40. The number of rotatable bonds is 0. The summed E-state index contributed by atoms with van der Waals surface area (Å²) < 4.78 is 0. The Morgan fingerprint density at radius 1 is 0.500 bits per heavy atom. The van der Waals surface area contributed by atoms with Gasteiger partial charge in [0.1, 0.15) is 0 Å². The number of hydrogen-bond acceptors (Lipinski definition) is 0. The summed E-state index contributed by atoms with van der Waals surface area (Å²) in [5.41, 5.74) is 0. The summed E-state index contributed by atoms with van der Waals surface area (Å²) >= 11 is 0. The van der Waals surface area contributed by atoms with E-state index in [-0.39, 0.29) is 0 Å². The lowest BCUT2D eigenvalue weighted by atomic mass is 10.0. The fourth-order valence-electron chi connectivity index (χ4n) is 1.66. The molecule has 0 heteroatoms. The first-order valence-electron chi connectivity index (χ1n) is 5.47. The molecule has 0 heterocycles. The molecule has 0 saturated carbocycles. The van der Waals surface area contributed by atoms with Crippen LogP contribution in [0.3, 0.4) is 0 Å². The molecule has 0 atom stereocenters. The van der Waals surface area contributed by atoms with E-state index in [1.165, 1.54) is 57.8 Å². The molecule has 0 bridgehead atoms. The van der Waals surface area contributed by atoms with Gasteiger partial charge in [0.05, 0.1) is 0 Å². The van der Waals surface area contributed by atoms with Crippen LogP contribution in [0, 0.1) is 6.42 Å². The molecule has 0 saturated heterocycles. The van der Waals surface area contributed by atoms with E-state index >= 15 is 0 Å². The smallest absolute Gasteiger partial charge is 0.0351 e. The van der Waals surface area contributed by atoms with E-state index in [1.54, 1.807) is 0 Å². The molecule has 0 amide bonds. The Hall–Kier alpha value is -0.260. The maximum atomic E-state index is 2.48. The third-order valence-corrected chi connectivity index (χ3v) is 2.47. The van der Waals surface area contributed by atoms with E-state index in [1.807, 2.05) is 0 Å². The van der Waals surface area contributed by atoms with Gasteiger partial charge in [-0.05, 0) is 32.1 Å². The van der Waals surface area contributed by atoms with Crippen molar-refractivity contribution < 1.29 is 0 Å². The molecule has 0 spiro atoms. The molecule has 0 nitrogen and oxygen atoms in total. The number of allylic oxidation sites excluding steroid dienone is 2. The van der Waals surface area contributed by atoms with Crippen LogP contribution >= 0.6 is 0 Å². The first-order valence-corrected chi connectivity index (χ1v) is 5.47. The zero-order valence-electron chi connectivity index (χ0n) is 8.10. The van der Waals surface area contributed by atoms with Crippen LogP contribution in [-0.2, 0) is 0 Å². The van der Waals surface area contributed by atoms with Gasteiger partial charge in [-0.25, -0.2) is 0 Å². The van der Waals surface area contributed by atoms with Gasteiger partial charge in [-0.1, -0.05) is 44.3 Å². The Balaban J connectivity index is 2.10. The SMILES string of the molecule is [CH]1CCCC/C=C/CCCCC1. The Bertz CT molecular complexity index is 99.2. The molecule has 1 rings (SSSR count). The monoisotopic (exact) mass is 165 g/mol. The summed E-state index contributed by atoms with van der Waals surface area (Å²) in [7, 11) is 0. The molecular formula is C12H21. The molecule has 0 aromatic heterocycles. The summed E-state index contributed by atoms with van der Waals surface area (Å²) in [6.45, 7) is 0. The second kappa shape index (κ2) is 7.39. The van der Waals surface area contributed by atoms with Crippen molar-refractivity contribution >= 4 is 0 Å². The van der Waals surface area contributed by atoms with Gasteiger partial charge in [0.15, 0.2) is 0 Å². The van der Waals surface area contributed by atoms with Crippen LogP contribution in [0.25, 0.3) is 0 Å². The first-order chi connectivity index (χ1) is 6.00. The summed E-state index contributed by atoms with van der Waals surface area (Å²) in [5, 5.41) is 0. The topological polar surface area (TPSA) is 0 Å². The standard InChI is InChI=1S/C12H21/c1-2-4-6-8-10-12-11-9-7-5-3-1/h1-2,11H,3-10,12H2/b2-1+. The molecule has 0 aromatic rings. The molecule has 0 N–H and O–H groups in total. The highest BCUT2D eigenvalue weighted by atomic mass is 14.0. The van der Waals surface area contributed by atoms with Crippen LogP contribution in [-0.4, -0.2) is 0 Å². The van der Waals surface area contributed by atoms with Crippen LogP contribution in [0.1, 0.15) is 57.8 Å². The summed E-state index contributed by atoms with van der Waals surface area (Å²) in [5.74, 6) is 0. The van der Waals surface area contributed by atoms with Gasteiger partial charge in [-0.3, -0.25) is 0 Å². The van der Waals surface area contributed by atoms with E-state index in [0.29, 0.717) is 0 Å². The number of hydrogen-bond donors (Lipinski definition) is 0. The lowest BCUT2D eigenvalue weighted by molar-refractivity contribution is 0.641. The van der Waals surface area contributed by atoms with E-state index < -0.39 is 0 Å². The van der Waals surface area contributed by atoms with Crippen LogP contribution in [0.15, 0.2) is 12.2 Å². The van der Waals surface area contributed by atoms with Gasteiger partial charge in [-0.2, -0.15) is 0 Å². The average molecular weight is 165 g/mol. The third-order valence-electron chi connectivity index (χ3n) is 2.47. The molecule has 1 aliphatic carbocycles. The van der Waals surface area contributed by atoms with Gasteiger partial charge in [0.25, 0.3) is 0 Å². The van der Waals surface area contributed by atoms with Crippen molar-refractivity contribution in [3.8, 4) is 0 Å². The van der Waals surface area contributed by atoms with Crippen molar-refractivity contribution in [3.05, 3.63) is 18.6 Å². The van der Waals surface area contributed by atoms with Crippen LogP contribution in [0.4, 0.5) is 0 Å². The molecule has 1 aliphatic rings. The Morgan fingerprint density at radius 2 is 1.00 bits per heavy atom. The molecule has 0 unspecified atom stereocenters. The lowest BCUT2D eigenvalue weighted by Crippen LogP contribution is -1.83.